The minimum Gasteiger partial charge on any atom is -0.459 e. The molecule has 0 radical (unpaired) electrons. The van der Waals surface area contributed by atoms with Gasteiger partial charge in [0.2, 0.25) is 0 Å². The normalized spacial score (nSPS) is 12.7. The van der Waals surface area contributed by atoms with Crippen molar-refractivity contribution in [2.75, 3.05) is 16.8 Å². The van der Waals surface area contributed by atoms with E-state index in [9.17, 15) is 14.4 Å². The number of carbonyl (C=O) groups is 2. The Kier molecular flexibility index (Phi) is 4.12. The molecule has 2 amide bonds. The second-order valence-corrected chi connectivity index (χ2v) is 6.32. The van der Waals surface area contributed by atoms with Gasteiger partial charge in [0.05, 0.1) is 6.26 Å². The van der Waals surface area contributed by atoms with E-state index >= 15 is 0 Å². The number of hydrogen-bond donors (Lipinski definition) is 1. The molecule has 4 rings (SSSR count). The van der Waals surface area contributed by atoms with Gasteiger partial charge in [-0.15, -0.1) is 0 Å². The predicted octanol–water partition coefficient (Wildman–Crippen LogP) is 2.43. The van der Waals surface area contributed by atoms with E-state index in [2.05, 4.69) is 5.32 Å². The van der Waals surface area contributed by atoms with Crippen LogP contribution < -0.4 is 15.8 Å². The molecule has 1 aliphatic heterocycles. The lowest BCUT2D eigenvalue weighted by Crippen LogP contribution is -2.29. The molecular weight excluding hydrogens is 346 g/mol. The number of rotatable bonds is 3. The molecule has 3 aromatic rings. The summed E-state index contributed by atoms with van der Waals surface area (Å²) < 4.78 is 6.55. The van der Waals surface area contributed by atoms with Gasteiger partial charge in [0.1, 0.15) is 5.56 Å². The number of aryl methyl sites for hydroxylation is 1. The van der Waals surface area contributed by atoms with Crippen molar-refractivity contribution in [3.63, 3.8) is 0 Å². The molecule has 2 aromatic heterocycles. The van der Waals surface area contributed by atoms with Gasteiger partial charge < -0.3 is 19.2 Å². The number of amides is 2. The van der Waals surface area contributed by atoms with E-state index in [1.54, 1.807) is 48.5 Å². The molecule has 136 valence electrons. The molecule has 0 bridgehead atoms. The highest BCUT2D eigenvalue weighted by atomic mass is 16.3. The number of nitrogens with one attached hydrogen (secondary N) is 1. The highest BCUT2D eigenvalue weighted by molar-refractivity contribution is 6.07. The molecular formula is C20H17N3O4. The average molecular weight is 363 g/mol. The topological polar surface area (TPSA) is 84.6 Å². The van der Waals surface area contributed by atoms with E-state index in [0.717, 1.165) is 17.7 Å². The summed E-state index contributed by atoms with van der Waals surface area (Å²) in [5.41, 5.74) is 1.96. The van der Waals surface area contributed by atoms with Crippen LogP contribution in [0.15, 0.2) is 64.1 Å². The van der Waals surface area contributed by atoms with Crippen molar-refractivity contribution in [3.8, 4) is 0 Å². The molecule has 0 fully saturated rings. The molecule has 0 atom stereocenters. The Morgan fingerprint density at radius 1 is 1.15 bits per heavy atom. The molecule has 1 aliphatic rings. The molecule has 0 saturated carbocycles. The summed E-state index contributed by atoms with van der Waals surface area (Å²) in [6, 6.07) is 11.8. The first kappa shape index (κ1) is 16.8. The minimum absolute atomic E-state index is 0.0593. The number of anilines is 2. The standard InChI is InChI=1S/C20H17N3O4/c1-22-9-2-4-15(19(22)25)18(24)21-14-7-6-13-8-10-23(16(13)12-14)20(26)17-5-3-11-27-17/h2-7,9,11-12H,8,10H2,1H3,(H,21,24). The van der Waals surface area contributed by atoms with E-state index in [-0.39, 0.29) is 22.8 Å². The van der Waals surface area contributed by atoms with Crippen molar-refractivity contribution in [1.82, 2.24) is 4.57 Å². The number of carbonyl (C=O) groups excluding carboxylic acids is 2. The Morgan fingerprint density at radius 2 is 2.00 bits per heavy atom. The SMILES string of the molecule is Cn1cccc(C(=O)Nc2ccc3c(c2)N(C(=O)c2ccco2)CC3)c1=O. The van der Waals surface area contributed by atoms with Gasteiger partial charge in [-0.2, -0.15) is 0 Å². The number of furan rings is 1. The third-order valence-electron chi connectivity index (χ3n) is 4.58. The number of pyridine rings is 1. The van der Waals surface area contributed by atoms with Crippen LogP contribution >= 0.6 is 0 Å². The van der Waals surface area contributed by atoms with Gasteiger partial charge in [0.15, 0.2) is 5.76 Å². The zero-order valence-electron chi connectivity index (χ0n) is 14.6. The van der Waals surface area contributed by atoms with Crippen molar-refractivity contribution >= 4 is 23.2 Å². The number of nitrogens with zero attached hydrogens (tertiary/aromatic N) is 2. The van der Waals surface area contributed by atoms with Gasteiger partial charge >= 0.3 is 0 Å². The summed E-state index contributed by atoms with van der Waals surface area (Å²) in [5, 5.41) is 2.74. The summed E-state index contributed by atoms with van der Waals surface area (Å²) in [6.07, 6.45) is 3.78. The van der Waals surface area contributed by atoms with E-state index in [1.165, 1.54) is 16.9 Å². The summed E-state index contributed by atoms with van der Waals surface area (Å²) in [4.78, 5) is 38.8. The molecule has 0 unspecified atom stereocenters. The third kappa shape index (κ3) is 3.03. The molecule has 0 spiro atoms. The Bertz CT molecular complexity index is 1080. The van der Waals surface area contributed by atoms with Crippen LogP contribution in [0.25, 0.3) is 0 Å². The van der Waals surface area contributed by atoms with Gasteiger partial charge in [-0.1, -0.05) is 6.07 Å². The first-order valence-electron chi connectivity index (χ1n) is 8.50. The van der Waals surface area contributed by atoms with E-state index in [1.807, 2.05) is 6.07 Å². The summed E-state index contributed by atoms with van der Waals surface area (Å²) in [7, 11) is 1.59. The molecule has 0 saturated heterocycles. The number of hydrogen-bond acceptors (Lipinski definition) is 4. The molecule has 1 N–H and O–H groups in total. The van der Waals surface area contributed by atoms with Crippen molar-refractivity contribution in [1.29, 1.82) is 0 Å². The summed E-state index contributed by atoms with van der Waals surface area (Å²) in [6.45, 7) is 0.547. The van der Waals surface area contributed by atoms with Crippen LogP contribution in [-0.4, -0.2) is 22.9 Å². The van der Waals surface area contributed by atoms with Crippen LogP contribution in [0.4, 0.5) is 11.4 Å². The lowest BCUT2D eigenvalue weighted by molar-refractivity contribution is 0.0962. The quantitative estimate of drug-likeness (QED) is 0.775. The minimum atomic E-state index is -0.488. The maximum Gasteiger partial charge on any atom is 0.293 e. The lowest BCUT2D eigenvalue weighted by Gasteiger charge is -2.17. The highest BCUT2D eigenvalue weighted by Crippen LogP contribution is 2.32. The summed E-state index contributed by atoms with van der Waals surface area (Å²) >= 11 is 0. The first-order valence-corrected chi connectivity index (χ1v) is 8.50. The van der Waals surface area contributed by atoms with Crippen LogP contribution in [0.2, 0.25) is 0 Å². The van der Waals surface area contributed by atoms with Crippen LogP contribution in [0.1, 0.15) is 26.5 Å². The van der Waals surface area contributed by atoms with Gasteiger partial charge in [-0.25, -0.2) is 0 Å². The Balaban J connectivity index is 1.60. The smallest absolute Gasteiger partial charge is 0.293 e. The van der Waals surface area contributed by atoms with Crippen LogP contribution in [-0.2, 0) is 13.5 Å². The Hall–Kier alpha value is -3.61. The molecule has 27 heavy (non-hydrogen) atoms. The molecule has 1 aromatic carbocycles. The first-order chi connectivity index (χ1) is 13.0. The zero-order chi connectivity index (χ0) is 19.0. The van der Waals surface area contributed by atoms with E-state index in [0.29, 0.717) is 12.2 Å². The van der Waals surface area contributed by atoms with Crippen molar-refractivity contribution < 1.29 is 14.0 Å². The number of fused-ring (bicyclic) bond motifs is 1. The van der Waals surface area contributed by atoms with Gasteiger partial charge in [0.25, 0.3) is 17.4 Å². The van der Waals surface area contributed by atoms with Crippen molar-refractivity contribution in [2.45, 2.75) is 6.42 Å². The maximum absolute atomic E-state index is 12.6. The van der Waals surface area contributed by atoms with Crippen LogP contribution in [0, 0.1) is 0 Å². The molecule has 7 heteroatoms. The maximum atomic E-state index is 12.6. The third-order valence-corrected chi connectivity index (χ3v) is 4.58. The monoisotopic (exact) mass is 363 g/mol. The van der Waals surface area contributed by atoms with E-state index < -0.39 is 5.91 Å². The van der Waals surface area contributed by atoms with Gasteiger partial charge in [0, 0.05) is 31.2 Å². The lowest BCUT2D eigenvalue weighted by atomic mass is 10.1. The van der Waals surface area contributed by atoms with Gasteiger partial charge in [-0.3, -0.25) is 14.4 Å². The fourth-order valence-corrected chi connectivity index (χ4v) is 3.17. The summed E-state index contributed by atoms with van der Waals surface area (Å²) in [5.74, 6) is -0.442. The largest absolute Gasteiger partial charge is 0.459 e. The van der Waals surface area contributed by atoms with E-state index in [4.69, 9.17) is 4.42 Å². The Morgan fingerprint density at radius 3 is 2.78 bits per heavy atom. The van der Waals surface area contributed by atoms with Gasteiger partial charge in [-0.05, 0) is 48.4 Å². The highest BCUT2D eigenvalue weighted by Gasteiger charge is 2.27. The van der Waals surface area contributed by atoms with Crippen molar-refractivity contribution in [3.05, 3.63) is 82.2 Å². The zero-order valence-corrected chi connectivity index (χ0v) is 14.6. The second-order valence-electron chi connectivity index (χ2n) is 6.32. The number of aromatic nitrogens is 1. The molecule has 0 aliphatic carbocycles. The fourth-order valence-electron chi connectivity index (χ4n) is 3.17. The van der Waals surface area contributed by atoms with Crippen LogP contribution in [0.3, 0.4) is 0 Å². The molecule has 7 nitrogen and oxygen atoms in total. The van der Waals surface area contributed by atoms with Crippen LogP contribution in [0.5, 0.6) is 0 Å². The second kappa shape index (κ2) is 6.60. The predicted molar refractivity (Wildman–Crippen MR) is 100 cm³/mol. The molecule has 3 heterocycles. The van der Waals surface area contributed by atoms with Crippen molar-refractivity contribution in [2.24, 2.45) is 7.05 Å². The fraction of sp³-hybridized carbons (Fsp3) is 0.150. The number of benzene rings is 1. The average Bonchev–Trinajstić information content (AvgIpc) is 3.33. The Labute approximate surface area is 154 Å².